The van der Waals surface area contributed by atoms with Crippen molar-refractivity contribution in [2.24, 2.45) is 0 Å². The lowest BCUT2D eigenvalue weighted by Gasteiger charge is -2.35. The number of aromatic nitrogens is 3. The number of benzene rings is 3. The van der Waals surface area contributed by atoms with Crippen molar-refractivity contribution in [3.8, 4) is 0 Å². The van der Waals surface area contributed by atoms with Crippen LogP contribution in [-0.2, 0) is 0 Å². The molecule has 0 unspecified atom stereocenters. The molecule has 10 rings (SSSR count). The number of nitro benzene ring substituents is 2. The number of nitro groups is 2. The standard InChI is InChI=1S/C22H27ClN4O.C16H15Cl2N5O3.C16H16ClN5O3/c23-20-7-4-12-24-21(20)26-13-15-27(16-14-26)22(28)25-19-10-8-18(9-11-19)17-5-2-1-3-6-17;17-12-2-1-5-19-15(12)21-6-8-22(9-7-21)16(24)20-14-4-3-11(23(25)26)10-13(14)18;17-14-2-1-7-18-15(14)20-8-10-21(11-9-20)16(23)19-12-3-5-13(6-4-12)22(24)25/h4,7-12,17H,1-3,5-6,13-16H2,(H,25,28);1-5,10H,6-9H2,(H,20,24);1-7H,8-11H2,(H,19,23). The van der Waals surface area contributed by atoms with Crippen LogP contribution in [0, 0.1) is 20.2 Å². The third kappa shape index (κ3) is 15.7. The Kier molecular flexibility index (Phi) is 20.2. The molecule has 0 spiro atoms. The van der Waals surface area contributed by atoms with Crippen molar-refractivity contribution in [1.29, 1.82) is 0 Å². The smallest absolute Gasteiger partial charge is 0.322 e. The maximum atomic E-state index is 12.6. The minimum atomic E-state index is -0.542. The Hall–Kier alpha value is -7.72. The van der Waals surface area contributed by atoms with E-state index in [2.05, 4.69) is 47.9 Å². The first-order valence-electron chi connectivity index (χ1n) is 25.7. The number of carbonyl (C=O) groups is 3. The molecule has 0 atom stereocenters. The first kappa shape index (κ1) is 57.5. The zero-order chi connectivity index (χ0) is 55.8. The number of urea groups is 3. The quantitative estimate of drug-likeness (QED) is 0.0904. The lowest BCUT2D eigenvalue weighted by Crippen LogP contribution is -2.50. The van der Waals surface area contributed by atoms with Gasteiger partial charge in [0.1, 0.15) is 17.5 Å². The molecular formula is C54H58Cl4N14O7. The van der Waals surface area contributed by atoms with Crippen LogP contribution in [0.5, 0.6) is 0 Å². The summed E-state index contributed by atoms with van der Waals surface area (Å²) in [6, 6.07) is 28.3. The van der Waals surface area contributed by atoms with Crippen molar-refractivity contribution < 1.29 is 24.2 Å². The number of hydrogen-bond donors (Lipinski definition) is 3. The molecule has 3 aliphatic heterocycles. The van der Waals surface area contributed by atoms with Crippen LogP contribution in [0.4, 0.5) is 60.3 Å². The molecule has 0 radical (unpaired) electrons. The molecular weight excluding hydrogens is 1100 g/mol. The van der Waals surface area contributed by atoms with E-state index >= 15 is 0 Å². The van der Waals surface area contributed by atoms with Crippen LogP contribution in [-0.4, -0.2) is 136 Å². The Morgan fingerprint density at radius 2 is 0.823 bits per heavy atom. The summed E-state index contributed by atoms with van der Waals surface area (Å²) < 4.78 is 0. The second-order valence-electron chi connectivity index (χ2n) is 18.8. The fourth-order valence-electron chi connectivity index (χ4n) is 9.45. The van der Waals surface area contributed by atoms with Crippen LogP contribution in [0.1, 0.15) is 43.6 Å². The second kappa shape index (κ2) is 27.7. The highest BCUT2D eigenvalue weighted by atomic mass is 35.5. The monoisotopic (exact) mass is 1150 g/mol. The van der Waals surface area contributed by atoms with E-state index in [0.717, 1.165) is 30.4 Å². The molecule has 25 heteroatoms. The van der Waals surface area contributed by atoms with Crippen LogP contribution >= 0.6 is 46.4 Å². The van der Waals surface area contributed by atoms with Crippen molar-refractivity contribution in [2.75, 3.05) is 109 Å². The number of anilines is 6. The largest absolute Gasteiger partial charge is 0.352 e. The van der Waals surface area contributed by atoms with Gasteiger partial charge in [0.15, 0.2) is 0 Å². The van der Waals surface area contributed by atoms with Crippen molar-refractivity contribution in [3.63, 3.8) is 0 Å². The summed E-state index contributed by atoms with van der Waals surface area (Å²) in [5, 5.41) is 31.8. The third-order valence-corrected chi connectivity index (χ3v) is 15.0. The van der Waals surface area contributed by atoms with E-state index in [1.165, 1.54) is 80.1 Å². The predicted molar refractivity (Wildman–Crippen MR) is 310 cm³/mol. The van der Waals surface area contributed by atoms with Gasteiger partial charge in [0.2, 0.25) is 0 Å². The summed E-state index contributed by atoms with van der Waals surface area (Å²) in [7, 11) is 0. The number of pyridine rings is 3. The van der Waals surface area contributed by atoms with Gasteiger partial charge in [-0.15, -0.1) is 0 Å². The highest BCUT2D eigenvalue weighted by Gasteiger charge is 2.27. The molecule has 6 heterocycles. The van der Waals surface area contributed by atoms with Gasteiger partial charge >= 0.3 is 18.1 Å². The van der Waals surface area contributed by atoms with E-state index in [0.29, 0.717) is 104 Å². The summed E-state index contributed by atoms with van der Waals surface area (Å²) in [6.45, 7) is 7.25. The molecule has 3 aromatic heterocycles. The lowest BCUT2D eigenvalue weighted by atomic mass is 9.84. The van der Waals surface area contributed by atoms with E-state index in [4.69, 9.17) is 46.4 Å². The highest BCUT2D eigenvalue weighted by molar-refractivity contribution is 6.34. The average molecular weight is 1160 g/mol. The van der Waals surface area contributed by atoms with Gasteiger partial charge in [-0.2, -0.15) is 0 Å². The Bertz CT molecular complexity index is 3060. The van der Waals surface area contributed by atoms with Crippen molar-refractivity contribution >= 4 is 110 Å². The maximum absolute atomic E-state index is 12.6. The fraction of sp³-hybridized carbons (Fsp3) is 0.333. The molecule has 3 saturated heterocycles. The first-order valence-corrected chi connectivity index (χ1v) is 27.2. The number of amides is 6. The SMILES string of the molecule is O=C(Nc1ccc(C2CCCCC2)cc1)N1CCN(c2ncccc2Cl)CC1.O=C(Nc1ccc([N+](=O)[O-])cc1)N1CCN(c2ncccc2Cl)CC1.O=C(Nc1ccc([N+](=O)[O-])cc1Cl)N1CCN(c2ncccc2Cl)CC1. The summed E-state index contributed by atoms with van der Waals surface area (Å²) in [5.74, 6) is 2.90. The number of rotatable bonds is 9. The number of nitrogens with zero attached hydrogens (tertiary/aromatic N) is 11. The third-order valence-electron chi connectivity index (χ3n) is 13.8. The van der Waals surface area contributed by atoms with E-state index in [-0.39, 0.29) is 34.5 Å². The highest BCUT2D eigenvalue weighted by Crippen LogP contribution is 2.34. The molecule has 3 N–H and O–H groups in total. The van der Waals surface area contributed by atoms with Gasteiger partial charge in [0.25, 0.3) is 11.4 Å². The van der Waals surface area contributed by atoms with E-state index in [9.17, 15) is 34.6 Å². The number of hydrogen-bond acceptors (Lipinski definition) is 13. The minimum Gasteiger partial charge on any atom is -0.352 e. The molecule has 1 saturated carbocycles. The van der Waals surface area contributed by atoms with Crippen LogP contribution in [0.3, 0.4) is 0 Å². The van der Waals surface area contributed by atoms with E-state index in [1.54, 1.807) is 52.7 Å². The number of non-ortho nitro benzene ring substituents is 2. The molecule has 21 nitrogen and oxygen atoms in total. The van der Waals surface area contributed by atoms with E-state index < -0.39 is 9.85 Å². The van der Waals surface area contributed by atoms with Crippen LogP contribution in [0.2, 0.25) is 20.1 Å². The van der Waals surface area contributed by atoms with Gasteiger partial charge in [0, 0.05) is 133 Å². The average Bonchev–Trinajstić information content (AvgIpc) is 3.48. The Morgan fingerprint density at radius 3 is 1.19 bits per heavy atom. The second-order valence-corrected chi connectivity index (χ2v) is 20.5. The minimum absolute atomic E-state index is 0.0150. The number of carbonyl (C=O) groups excluding carboxylic acids is 3. The molecule has 414 valence electrons. The van der Waals surface area contributed by atoms with Crippen LogP contribution in [0.25, 0.3) is 0 Å². The van der Waals surface area contributed by atoms with Gasteiger partial charge in [-0.3, -0.25) is 20.2 Å². The molecule has 1 aliphatic carbocycles. The van der Waals surface area contributed by atoms with Crippen molar-refractivity contribution in [1.82, 2.24) is 29.7 Å². The number of halogens is 4. The van der Waals surface area contributed by atoms with Gasteiger partial charge in [-0.25, -0.2) is 29.3 Å². The normalized spacial score (nSPS) is 15.6. The van der Waals surface area contributed by atoms with Gasteiger partial charge in [-0.05, 0) is 91.1 Å². The fourth-order valence-corrected chi connectivity index (χ4v) is 10.4. The van der Waals surface area contributed by atoms with Crippen molar-refractivity contribution in [2.45, 2.75) is 38.0 Å². The summed E-state index contributed by atoms with van der Waals surface area (Å²) in [4.78, 5) is 82.0. The van der Waals surface area contributed by atoms with Gasteiger partial charge in [-0.1, -0.05) is 77.8 Å². The number of nitrogens with one attached hydrogen (secondary N) is 3. The molecule has 79 heavy (non-hydrogen) atoms. The van der Waals surface area contributed by atoms with Crippen LogP contribution in [0.15, 0.2) is 122 Å². The lowest BCUT2D eigenvalue weighted by molar-refractivity contribution is -0.385. The summed E-state index contributed by atoms with van der Waals surface area (Å²) in [5.41, 5.74) is 2.97. The molecule has 4 aliphatic rings. The van der Waals surface area contributed by atoms with E-state index in [1.807, 2.05) is 39.0 Å². The van der Waals surface area contributed by atoms with Crippen molar-refractivity contribution in [3.05, 3.63) is 168 Å². The summed E-state index contributed by atoms with van der Waals surface area (Å²) in [6.07, 6.45) is 11.7. The predicted octanol–water partition coefficient (Wildman–Crippen LogP) is 11.8. The van der Waals surface area contributed by atoms with Crippen LogP contribution < -0.4 is 30.7 Å². The molecule has 0 bridgehead atoms. The van der Waals surface area contributed by atoms with Gasteiger partial charge < -0.3 is 45.3 Å². The molecule has 3 aromatic carbocycles. The van der Waals surface area contributed by atoms with Gasteiger partial charge in [0.05, 0.1) is 35.6 Å². The Labute approximate surface area is 476 Å². The molecule has 6 aromatic rings. The molecule has 4 fully saturated rings. The maximum Gasteiger partial charge on any atom is 0.322 e. The zero-order valence-corrected chi connectivity index (χ0v) is 46.0. The number of piperazine rings is 3. The Balaban J connectivity index is 0.000000156. The summed E-state index contributed by atoms with van der Waals surface area (Å²) >= 11 is 24.6. The molecule has 6 amide bonds. The first-order chi connectivity index (χ1) is 38.2. The zero-order valence-electron chi connectivity index (χ0n) is 42.9. The Morgan fingerprint density at radius 1 is 0.456 bits per heavy atom. The topological polar surface area (TPSA) is 232 Å².